The molecule has 0 aromatic rings. The van der Waals surface area contributed by atoms with Gasteiger partial charge in [-0.25, -0.2) is 0 Å². The SMILES string of the molecule is CC(=O)OC[C@H]1O[C@H](C=C(C)C)[C@@H](OC(C)=O)[C@@H](OC(C)=O)[C@@H]1OC(C)=O. The molecular weight excluding hydrogens is 360 g/mol. The number of hydrogen-bond donors (Lipinski definition) is 0. The van der Waals surface area contributed by atoms with Crippen molar-refractivity contribution in [1.82, 2.24) is 0 Å². The summed E-state index contributed by atoms with van der Waals surface area (Å²) in [6.45, 7) is 8.19. The molecule has 1 heterocycles. The van der Waals surface area contributed by atoms with Crippen LogP contribution in [0.25, 0.3) is 0 Å². The molecule has 0 radical (unpaired) electrons. The summed E-state index contributed by atoms with van der Waals surface area (Å²) in [7, 11) is 0. The fraction of sp³-hybridized carbons (Fsp3) is 0.667. The summed E-state index contributed by atoms with van der Waals surface area (Å²) in [6, 6.07) is 0. The summed E-state index contributed by atoms with van der Waals surface area (Å²) in [5, 5.41) is 0. The van der Waals surface area contributed by atoms with E-state index in [1.165, 1.54) is 27.7 Å². The highest BCUT2D eigenvalue weighted by molar-refractivity contribution is 5.68. The summed E-state index contributed by atoms with van der Waals surface area (Å²) in [5.41, 5.74) is 0.857. The molecule has 9 nitrogen and oxygen atoms in total. The van der Waals surface area contributed by atoms with E-state index < -0.39 is 54.4 Å². The molecule has 0 bridgehead atoms. The maximum atomic E-state index is 11.6. The van der Waals surface area contributed by atoms with Crippen molar-refractivity contribution in [3.05, 3.63) is 11.6 Å². The Kier molecular flexibility index (Phi) is 8.42. The monoisotopic (exact) mass is 386 g/mol. The zero-order valence-electron chi connectivity index (χ0n) is 16.3. The zero-order valence-corrected chi connectivity index (χ0v) is 16.3. The lowest BCUT2D eigenvalue weighted by molar-refractivity contribution is -0.244. The van der Waals surface area contributed by atoms with E-state index in [1.54, 1.807) is 6.08 Å². The van der Waals surface area contributed by atoms with Crippen molar-refractivity contribution in [3.8, 4) is 0 Å². The van der Waals surface area contributed by atoms with Crippen LogP contribution in [0.3, 0.4) is 0 Å². The van der Waals surface area contributed by atoms with E-state index in [4.69, 9.17) is 23.7 Å². The molecule has 0 aromatic heterocycles. The first-order valence-electron chi connectivity index (χ1n) is 8.46. The van der Waals surface area contributed by atoms with Gasteiger partial charge in [0.05, 0.1) is 0 Å². The normalized spacial score (nSPS) is 27.1. The van der Waals surface area contributed by atoms with E-state index in [2.05, 4.69) is 0 Å². The predicted octanol–water partition coefficient (Wildman–Crippen LogP) is 1.08. The quantitative estimate of drug-likeness (QED) is 0.376. The Hall–Kier alpha value is -2.42. The van der Waals surface area contributed by atoms with Crippen LogP contribution in [0.4, 0.5) is 0 Å². The number of ether oxygens (including phenoxy) is 5. The fourth-order valence-electron chi connectivity index (χ4n) is 2.72. The molecule has 1 fully saturated rings. The van der Waals surface area contributed by atoms with E-state index in [9.17, 15) is 19.2 Å². The third kappa shape index (κ3) is 7.38. The lowest BCUT2D eigenvalue weighted by Gasteiger charge is -2.43. The molecule has 1 aliphatic heterocycles. The average Bonchev–Trinajstić information content (AvgIpc) is 2.49. The van der Waals surface area contributed by atoms with E-state index in [0.29, 0.717) is 0 Å². The van der Waals surface area contributed by atoms with Crippen LogP contribution in [-0.2, 0) is 42.9 Å². The lowest BCUT2D eigenvalue weighted by atomic mass is 9.93. The molecule has 0 N–H and O–H groups in total. The summed E-state index contributed by atoms with van der Waals surface area (Å²) in [5.74, 6) is -2.48. The molecule has 1 aliphatic rings. The van der Waals surface area contributed by atoms with Crippen LogP contribution in [0, 0.1) is 0 Å². The molecule has 5 atom stereocenters. The summed E-state index contributed by atoms with van der Waals surface area (Å²) < 4.78 is 26.8. The van der Waals surface area contributed by atoms with Gasteiger partial charge in [-0.05, 0) is 13.8 Å². The standard InChI is InChI=1S/C18H26O9/c1-9(2)7-14-16(24-11(4)20)18(26-13(6)22)17(25-12(5)21)15(27-14)8-23-10(3)19/h7,14-18H,8H2,1-6H3/t14-,15-,16-,17-,18-/m1/s1. The van der Waals surface area contributed by atoms with E-state index in [0.717, 1.165) is 5.57 Å². The van der Waals surface area contributed by atoms with Gasteiger partial charge in [-0.15, -0.1) is 0 Å². The van der Waals surface area contributed by atoms with E-state index in [1.807, 2.05) is 13.8 Å². The number of hydrogen-bond acceptors (Lipinski definition) is 9. The van der Waals surface area contributed by atoms with Crippen molar-refractivity contribution in [2.24, 2.45) is 0 Å². The first-order valence-corrected chi connectivity index (χ1v) is 8.46. The molecule has 1 rings (SSSR count). The van der Waals surface area contributed by atoms with Crippen LogP contribution >= 0.6 is 0 Å². The van der Waals surface area contributed by atoms with Gasteiger partial charge in [-0.1, -0.05) is 11.6 Å². The molecule has 0 amide bonds. The molecule has 0 saturated carbocycles. The topological polar surface area (TPSA) is 114 Å². The Morgan fingerprint density at radius 3 is 1.67 bits per heavy atom. The second kappa shape index (κ2) is 10.1. The summed E-state index contributed by atoms with van der Waals surface area (Å²) >= 11 is 0. The van der Waals surface area contributed by atoms with Gasteiger partial charge in [-0.2, -0.15) is 0 Å². The van der Waals surface area contributed by atoms with Crippen molar-refractivity contribution in [2.45, 2.75) is 72.1 Å². The van der Waals surface area contributed by atoms with Gasteiger partial charge in [0.2, 0.25) is 0 Å². The number of rotatable bonds is 6. The maximum absolute atomic E-state index is 11.6. The lowest BCUT2D eigenvalue weighted by Crippen LogP contribution is -2.62. The van der Waals surface area contributed by atoms with Crippen molar-refractivity contribution in [1.29, 1.82) is 0 Å². The van der Waals surface area contributed by atoms with Gasteiger partial charge in [0, 0.05) is 27.7 Å². The van der Waals surface area contributed by atoms with Gasteiger partial charge in [0.25, 0.3) is 0 Å². The van der Waals surface area contributed by atoms with Crippen molar-refractivity contribution in [2.75, 3.05) is 6.61 Å². The first-order chi connectivity index (χ1) is 12.5. The average molecular weight is 386 g/mol. The van der Waals surface area contributed by atoms with Gasteiger partial charge in [0.15, 0.2) is 18.3 Å². The molecule has 1 saturated heterocycles. The highest BCUT2D eigenvalue weighted by atomic mass is 16.7. The molecule has 9 heteroatoms. The largest absolute Gasteiger partial charge is 0.463 e. The minimum atomic E-state index is -1.13. The highest BCUT2D eigenvalue weighted by Crippen LogP contribution is 2.30. The molecule has 152 valence electrons. The predicted molar refractivity (Wildman–Crippen MR) is 91.4 cm³/mol. The van der Waals surface area contributed by atoms with Gasteiger partial charge in [0.1, 0.15) is 18.8 Å². The number of esters is 4. The maximum Gasteiger partial charge on any atom is 0.303 e. The van der Waals surface area contributed by atoms with Gasteiger partial charge >= 0.3 is 23.9 Å². The van der Waals surface area contributed by atoms with Crippen LogP contribution in [0.1, 0.15) is 41.5 Å². The smallest absolute Gasteiger partial charge is 0.303 e. The number of carbonyl (C=O) groups excluding carboxylic acids is 4. The van der Waals surface area contributed by atoms with E-state index >= 15 is 0 Å². The summed E-state index contributed by atoms with van der Waals surface area (Å²) in [4.78, 5) is 46.0. The first kappa shape index (κ1) is 22.6. The van der Waals surface area contributed by atoms with Crippen molar-refractivity contribution in [3.63, 3.8) is 0 Å². The molecule has 0 unspecified atom stereocenters. The fourth-order valence-corrected chi connectivity index (χ4v) is 2.72. The minimum Gasteiger partial charge on any atom is -0.463 e. The molecule has 27 heavy (non-hydrogen) atoms. The third-order valence-electron chi connectivity index (χ3n) is 3.52. The van der Waals surface area contributed by atoms with Gasteiger partial charge < -0.3 is 23.7 Å². The van der Waals surface area contributed by atoms with Gasteiger partial charge in [-0.3, -0.25) is 19.2 Å². The Morgan fingerprint density at radius 1 is 0.741 bits per heavy atom. The van der Waals surface area contributed by atoms with Crippen LogP contribution in [0.15, 0.2) is 11.6 Å². The molecule has 0 aliphatic carbocycles. The Labute approximate surface area is 157 Å². The second-order valence-electron chi connectivity index (χ2n) is 6.41. The third-order valence-corrected chi connectivity index (χ3v) is 3.52. The number of allylic oxidation sites excluding steroid dienone is 1. The van der Waals surface area contributed by atoms with Crippen LogP contribution in [-0.4, -0.2) is 61.0 Å². The van der Waals surface area contributed by atoms with Crippen LogP contribution in [0.2, 0.25) is 0 Å². The van der Waals surface area contributed by atoms with Crippen molar-refractivity contribution < 1.29 is 42.9 Å². The Bertz CT molecular complexity index is 606. The van der Waals surface area contributed by atoms with Crippen molar-refractivity contribution >= 4 is 23.9 Å². The van der Waals surface area contributed by atoms with Crippen LogP contribution in [0.5, 0.6) is 0 Å². The number of carbonyl (C=O) groups is 4. The molecule has 0 aromatic carbocycles. The second-order valence-corrected chi connectivity index (χ2v) is 6.41. The van der Waals surface area contributed by atoms with E-state index in [-0.39, 0.29) is 6.61 Å². The van der Waals surface area contributed by atoms with Crippen LogP contribution < -0.4 is 0 Å². The Morgan fingerprint density at radius 2 is 1.22 bits per heavy atom. The molecule has 0 spiro atoms. The summed E-state index contributed by atoms with van der Waals surface area (Å²) in [6.07, 6.45) is -3.33. The minimum absolute atomic E-state index is 0.231. The Balaban J connectivity index is 3.33. The molecular formula is C18H26O9. The zero-order chi connectivity index (χ0) is 20.7. The highest BCUT2D eigenvalue weighted by Gasteiger charge is 2.51.